The summed E-state index contributed by atoms with van der Waals surface area (Å²) in [6.07, 6.45) is 8.60. The van der Waals surface area contributed by atoms with Crippen molar-refractivity contribution in [1.29, 1.82) is 0 Å². The molecule has 1 fully saturated rings. The first-order valence-corrected chi connectivity index (χ1v) is 6.17. The lowest BCUT2D eigenvalue weighted by molar-refractivity contribution is 0.0886. The highest BCUT2D eigenvalue weighted by atomic mass is 16.3. The van der Waals surface area contributed by atoms with Gasteiger partial charge in [-0.25, -0.2) is 0 Å². The van der Waals surface area contributed by atoms with Crippen LogP contribution in [0.1, 0.15) is 65.7 Å². The fourth-order valence-electron chi connectivity index (χ4n) is 2.32. The lowest BCUT2D eigenvalue weighted by Gasteiger charge is -2.25. The Bertz CT molecular complexity index is 157. The molecule has 1 N–H and O–H groups in total. The van der Waals surface area contributed by atoms with Crippen molar-refractivity contribution in [3.05, 3.63) is 0 Å². The maximum absolute atomic E-state index is 9.95. The van der Waals surface area contributed by atoms with Crippen LogP contribution in [0.2, 0.25) is 0 Å². The predicted molar refractivity (Wildman–Crippen MR) is 61.3 cm³/mol. The van der Waals surface area contributed by atoms with E-state index in [9.17, 15) is 5.11 Å². The Labute approximate surface area is 88.9 Å². The van der Waals surface area contributed by atoms with E-state index in [0.29, 0.717) is 11.3 Å². The predicted octanol–water partition coefficient (Wildman–Crippen LogP) is 3.75. The van der Waals surface area contributed by atoms with E-state index in [-0.39, 0.29) is 6.10 Å². The van der Waals surface area contributed by atoms with Gasteiger partial charge in [0.15, 0.2) is 0 Å². The summed E-state index contributed by atoms with van der Waals surface area (Å²) >= 11 is 0. The van der Waals surface area contributed by atoms with Gasteiger partial charge in [0.25, 0.3) is 0 Å². The normalized spacial score (nSPS) is 30.0. The van der Waals surface area contributed by atoms with Gasteiger partial charge in [-0.05, 0) is 37.0 Å². The Morgan fingerprint density at radius 1 is 1.07 bits per heavy atom. The first-order valence-electron chi connectivity index (χ1n) is 6.17. The molecule has 0 radical (unpaired) electrons. The van der Waals surface area contributed by atoms with Crippen molar-refractivity contribution in [2.24, 2.45) is 11.3 Å². The molecule has 0 aromatic heterocycles. The van der Waals surface area contributed by atoms with Gasteiger partial charge in [-0.2, -0.15) is 0 Å². The molecule has 1 nitrogen and oxygen atoms in total. The lowest BCUT2D eigenvalue weighted by atomic mass is 9.83. The molecule has 14 heavy (non-hydrogen) atoms. The van der Waals surface area contributed by atoms with E-state index in [1.807, 2.05) is 0 Å². The molecule has 0 heterocycles. The monoisotopic (exact) mass is 198 g/mol. The lowest BCUT2D eigenvalue weighted by Crippen LogP contribution is -2.20. The van der Waals surface area contributed by atoms with E-state index in [4.69, 9.17) is 0 Å². The minimum absolute atomic E-state index is 0.0140. The van der Waals surface area contributed by atoms with Gasteiger partial charge in [-0.15, -0.1) is 0 Å². The third-order valence-electron chi connectivity index (χ3n) is 3.38. The Kier molecular flexibility index (Phi) is 4.43. The number of hydrogen-bond acceptors (Lipinski definition) is 1. The SMILES string of the molecule is CC(C)(C)CCC1CCCCCC1O. The third-order valence-corrected chi connectivity index (χ3v) is 3.38. The van der Waals surface area contributed by atoms with Crippen LogP contribution in [0.4, 0.5) is 0 Å². The van der Waals surface area contributed by atoms with Crippen LogP contribution < -0.4 is 0 Å². The van der Waals surface area contributed by atoms with Crippen molar-refractivity contribution in [3.63, 3.8) is 0 Å². The highest BCUT2D eigenvalue weighted by Crippen LogP contribution is 2.31. The van der Waals surface area contributed by atoms with Crippen LogP contribution >= 0.6 is 0 Å². The summed E-state index contributed by atoms with van der Waals surface area (Å²) in [4.78, 5) is 0. The van der Waals surface area contributed by atoms with Crippen molar-refractivity contribution in [1.82, 2.24) is 0 Å². The smallest absolute Gasteiger partial charge is 0.0568 e. The molecular weight excluding hydrogens is 172 g/mol. The quantitative estimate of drug-likeness (QED) is 0.670. The van der Waals surface area contributed by atoms with E-state index in [0.717, 1.165) is 6.42 Å². The van der Waals surface area contributed by atoms with Gasteiger partial charge >= 0.3 is 0 Å². The summed E-state index contributed by atoms with van der Waals surface area (Å²) in [5.74, 6) is 0.580. The van der Waals surface area contributed by atoms with Crippen LogP contribution in [0.5, 0.6) is 0 Å². The van der Waals surface area contributed by atoms with Crippen molar-refractivity contribution >= 4 is 0 Å². The molecule has 2 unspecified atom stereocenters. The van der Waals surface area contributed by atoms with Gasteiger partial charge in [0, 0.05) is 0 Å². The van der Waals surface area contributed by atoms with Gasteiger partial charge < -0.3 is 5.11 Å². The van der Waals surface area contributed by atoms with E-state index < -0.39 is 0 Å². The van der Waals surface area contributed by atoms with Crippen LogP contribution in [0.25, 0.3) is 0 Å². The topological polar surface area (TPSA) is 20.2 Å². The molecule has 1 aliphatic rings. The van der Waals surface area contributed by atoms with Crippen molar-refractivity contribution in [2.45, 2.75) is 71.8 Å². The van der Waals surface area contributed by atoms with E-state index in [2.05, 4.69) is 20.8 Å². The molecule has 0 aromatic rings. The highest BCUT2D eigenvalue weighted by Gasteiger charge is 2.23. The average Bonchev–Trinajstić information content (AvgIpc) is 2.25. The maximum atomic E-state index is 9.95. The molecule has 0 aromatic carbocycles. The number of aliphatic hydroxyl groups is 1. The maximum Gasteiger partial charge on any atom is 0.0568 e. The van der Waals surface area contributed by atoms with E-state index in [1.165, 1.54) is 38.5 Å². The third kappa shape index (κ3) is 4.45. The average molecular weight is 198 g/mol. The Morgan fingerprint density at radius 3 is 2.36 bits per heavy atom. The van der Waals surface area contributed by atoms with E-state index >= 15 is 0 Å². The number of rotatable bonds is 2. The molecule has 1 aliphatic carbocycles. The van der Waals surface area contributed by atoms with Gasteiger partial charge in [-0.3, -0.25) is 0 Å². The fourth-order valence-corrected chi connectivity index (χ4v) is 2.32. The van der Waals surface area contributed by atoms with Crippen molar-refractivity contribution in [2.75, 3.05) is 0 Å². The van der Waals surface area contributed by atoms with Gasteiger partial charge in [0.2, 0.25) is 0 Å². The first kappa shape index (κ1) is 12.0. The number of hydrogen-bond donors (Lipinski definition) is 1. The van der Waals surface area contributed by atoms with Crippen LogP contribution in [0.3, 0.4) is 0 Å². The standard InChI is InChI=1S/C13H26O/c1-13(2,3)10-9-11-7-5-4-6-8-12(11)14/h11-12,14H,4-10H2,1-3H3. The summed E-state index contributed by atoms with van der Waals surface area (Å²) in [5.41, 5.74) is 0.423. The largest absolute Gasteiger partial charge is 0.393 e. The molecule has 84 valence electrons. The second kappa shape index (κ2) is 5.16. The van der Waals surface area contributed by atoms with E-state index in [1.54, 1.807) is 0 Å². The van der Waals surface area contributed by atoms with Crippen LogP contribution in [-0.4, -0.2) is 11.2 Å². The zero-order chi connectivity index (χ0) is 10.6. The molecule has 2 atom stereocenters. The Hall–Kier alpha value is -0.0400. The Balaban J connectivity index is 2.33. The molecule has 1 saturated carbocycles. The Morgan fingerprint density at radius 2 is 1.71 bits per heavy atom. The van der Waals surface area contributed by atoms with Gasteiger partial charge in [-0.1, -0.05) is 40.0 Å². The zero-order valence-corrected chi connectivity index (χ0v) is 10.1. The molecule has 0 aliphatic heterocycles. The van der Waals surface area contributed by atoms with Crippen LogP contribution in [-0.2, 0) is 0 Å². The van der Waals surface area contributed by atoms with Crippen LogP contribution in [0.15, 0.2) is 0 Å². The van der Waals surface area contributed by atoms with Gasteiger partial charge in [0.05, 0.1) is 6.10 Å². The summed E-state index contributed by atoms with van der Waals surface area (Å²) < 4.78 is 0. The molecule has 0 bridgehead atoms. The van der Waals surface area contributed by atoms with Crippen LogP contribution in [0, 0.1) is 11.3 Å². The zero-order valence-electron chi connectivity index (χ0n) is 10.1. The minimum atomic E-state index is -0.0140. The summed E-state index contributed by atoms with van der Waals surface area (Å²) in [7, 11) is 0. The minimum Gasteiger partial charge on any atom is -0.393 e. The molecule has 0 spiro atoms. The molecular formula is C13H26O. The van der Waals surface area contributed by atoms with Gasteiger partial charge in [0.1, 0.15) is 0 Å². The van der Waals surface area contributed by atoms with Crippen molar-refractivity contribution in [3.8, 4) is 0 Å². The molecule has 0 amide bonds. The molecule has 1 rings (SSSR count). The first-order chi connectivity index (χ1) is 6.49. The summed E-state index contributed by atoms with van der Waals surface area (Å²) in [6, 6.07) is 0. The highest BCUT2D eigenvalue weighted by molar-refractivity contribution is 4.75. The second-order valence-corrected chi connectivity index (χ2v) is 6.06. The molecule has 0 saturated heterocycles. The second-order valence-electron chi connectivity index (χ2n) is 6.06. The van der Waals surface area contributed by atoms with Crippen molar-refractivity contribution < 1.29 is 5.11 Å². The summed E-state index contributed by atoms with van der Waals surface area (Å²) in [6.45, 7) is 6.86. The molecule has 1 heteroatoms. The number of aliphatic hydroxyl groups excluding tert-OH is 1. The fraction of sp³-hybridized carbons (Fsp3) is 1.00. The summed E-state index contributed by atoms with van der Waals surface area (Å²) in [5, 5.41) is 9.95.